The van der Waals surface area contributed by atoms with Crippen LogP contribution in [0, 0.1) is 0 Å². The largest absolute Gasteiger partial charge is 0.399 e. The zero-order valence-electron chi connectivity index (χ0n) is 11.8. The first-order chi connectivity index (χ1) is 9.56. The van der Waals surface area contributed by atoms with Crippen LogP contribution in [0.1, 0.15) is 15.9 Å². The van der Waals surface area contributed by atoms with Crippen LogP contribution in [0.5, 0.6) is 0 Å². The van der Waals surface area contributed by atoms with Crippen LogP contribution in [-0.2, 0) is 6.54 Å². The van der Waals surface area contributed by atoms with E-state index in [9.17, 15) is 4.79 Å². The van der Waals surface area contributed by atoms with Gasteiger partial charge in [-0.25, -0.2) is 0 Å². The van der Waals surface area contributed by atoms with E-state index in [1.54, 1.807) is 24.3 Å². The molecule has 4 heteroatoms. The minimum absolute atomic E-state index is 0.129. The number of benzene rings is 2. The van der Waals surface area contributed by atoms with E-state index in [2.05, 4.69) is 10.2 Å². The first-order valence-corrected chi connectivity index (χ1v) is 6.46. The van der Waals surface area contributed by atoms with Gasteiger partial charge < -0.3 is 16.0 Å². The lowest BCUT2D eigenvalue weighted by atomic mass is 10.1. The molecule has 0 atom stereocenters. The Morgan fingerprint density at radius 2 is 1.75 bits per heavy atom. The predicted octanol–water partition coefficient (Wildman–Crippen LogP) is 2.58. The van der Waals surface area contributed by atoms with Gasteiger partial charge in [-0.2, -0.15) is 0 Å². The minimum atomic E-state index is -0.129. The van der Waals surface area contributed by atoms with Crippen LogP contribution in [0.3, 0.4) is 0 Å². The third-order valence-corrected chi connectivity index (χ3v) is 2.93. The van der Waals surface area contributed by atoms with Crippen LogP contribution < -0.4 is 11.1 Å². The molecule has 0 saturated carbocycles. The standard InChI is InChI=1S/C16H19N3O/c1-19(2)11-13-5-3-4-6-15(13)18-16(20)12-7-9-14(17)10-8-12/h3-10H,11,17H2,1-2H3,(H,18,20). The molecule has 2 aromatic rings. The van der Waals surface area contributed by atoms with Crippen LogP contribution in [-0.4, -0.2) is 24.9 Å². The van der Waals surface area contributed by atoms with E-state index in [1.165, 1.54) is 0 Å². The molecule has 2 rings (SSSR count). The molecule has 3 N–H and O–H groups in total. The Balaban J connectivity index is 2.17. The number of rotatable bonds is 4. The molecule has 0 unspecified atom stereocenters. The smallest absolute Gasteiger partial charge is 0.255 e. The van der Waals surface area contributed by atoms with E-state index < -0.39 is 0 Å². The Hall–Kier alpha value is -2.33. The van der Waals surface area contributed by atoms with Gasteiger partial charge in [0.2, 0.25) is 0 Å². The number of hydrogen-bond acceptors (Lipinski definition) is 3. The van der Waals surface area contributed by atoms with Crippen molar-refractivity contribution in [2.75, 3.05) is 25.1 Å². The van der Waals surface area contributed by atoms with Crippen LogP contribution >= 0.6 is 0 Å². The average molecular weight is 269 g/mol. The Morgan fingerprint density at radius 1 is 1.10 bits per heavy atom. The van der Waals surface area contributed by atoms with Crippen LogP contribution in [0.2, 0.25) is 0 Å². The maximum absolute atomic E-state index is 12.2. The van der Waals surface area contributed by atoms with Crippen molar-refractivity contribution >= 4 is 17.3 Å². The highest BCUT2D eigenvalue weighted by atomic mass is 16.1. The molecule has 0 aliphatic carbocycles. The summed E-state index contributed by atoms with van der Waals surface area (Å²) in [6.45, 7) is 0.776. The second-order valence-electron chi connectivity index (χ2n) is 4.97. The van der Waals surface area contributed by atoms with Crippen molar-refractivity contribution in [3.8, 4) is 0 Å². The zero-order chi connectivity index (χ0) is 14.5. The van der Waals surface area contributed by atoms with Gasteiger partial charge in [0.1, 0.15) is 0 Å². The quantitative estimate of drug-likeness (QED) is 0.839. The van der Waals surface area contributed by atoms with Gasteiger partial charge in [0.05, 0.1) is 0 Å². The Labute approximate surface area is 119 Å². The van der Waals surface area contributed by atoms with E-state index in [0.29, 0.717) is 11.3 Å². The molecule has 0 aromatic heterocycles. The maximum atomic E-state index is 12.2. The summed E-state index contributed by atoms with van der Waals surface area (Å²) in [5.74, 6) is -0.129. The second-order valence-corrected chi connectivity index (χ2v) is 4.97. The molecule has 0 saturated heterocycles. The van der Waals surface area contributed by atoms with E-state index in [1.807, 2.05) is 38.4 Å². The number of anilines is 2. The number of carbonyl (C=O) groups is 1. The van der Waals surface area contributed by atoms with Crippen LogP contribution in [0.25, 0.3) is 0 Å². The van der Waals surface area contributed by atoms with Crippen molar-refractivity contribution < 1.29 is 4.79 Å². The number of para-hydroxylation sites is 1. The van der Waals surface area contributed by atoms with Gasteiger partial charge in [-0.1, -0.05) is 18.2 Å². The molecule has 2 aromatic carbocycles. The third kappa shape index (κ3) is 3.59. The zero-order valence-corrected chi connectivity index (χ0v) is 11.8. The van der Waals surface area contributed by atoms with E-state index in [0.717, 1.165) is 17.8 Å². The molecular weight excluding hydrogens is 250 g/mol. The van der Waals surface area contributed by atoms with Crippen molar-refractivity contribution in [3.63, 3.8) is 0 Å². The molecule has 0 radical (unpaired) electrons. The summed E-state index contributed by atoms with van der Waals surface area (Å²) in [5.41, 5.74) is 8.79. The molecule has 0 bridgehead atoms. The van der Waals surface area contributed by atoms with Crippen LogP contribution in [0.4, 0.5) is 11.4 Å². The Morgan fingerprint density at radius 3 is 2.40 bits per heavy atom. The van der Waals surface area contributed by atoms with Gasteiger partial charge in [-0.05, 0) is 50.0 Å². The Kier molecular flexibility index (Phi) is 4.38. The highest BCUT2D eigenvalue weighted by Crippen LogP contribution is 2.17. The predicted molar refractivity (Wildman–Crippen MR) is 82.6 cm³/mol. The monoisotopic (exact) mass is 269 g/mol. The molecule has 0 aliphatic heterocycles. The summed E-state index contributed by atoms with van der Waals surface area (Å²) >= 11 is 0. The van der Waals surface area contributed by atoms with Gasteiger partial charge in [0.15, 0.2) is 0 Å². The van der Waals surface area contributed by atoms with Crippen LogP contribution in [0.15, 0.2) is 48.5 Å². The fourth-order valence-corrected chi connectivity index (χ4v) is 1.95. The van der Waals surface area contributed by atoms with Gasteiger partial charge >= 0.3 is 0 Å². The lowest BCUT2D eigenvalue weighted by Gasteiger charge is -2.15. The van der Waals surface area contributed by atoms with Crippen molar-refractivity contribution in [1.82, 2.24) is 4.90 Å². The average Bonchev–Trinajstić information content (AvgIpc) is 2.41. The molecule has 0 aliphatic rings. The lowest BCUT2D eigenvalue weighted by molar-refractivity contribution is 0.102. The van der Waals surface area contributed by atoms with Gasteiger partial charge in [0, 0.05) is 23.5 Å². The number of nitrogens with one attached hydrogen (secondary N) is 1. The van der Waals surface area contributed by atoms with Crippen molar-refractivity contribution in [2.45, 2.75) is 6.54 Å². The number of nitrogens with zero attached hydrogens (tertiary/aromatic N) is 1. The fraction of sp³-hybridized carbons (Fsp3) is 0.188. The first kappa shape index (κ1) is 14.1. The number of nitrogen functional groups attached to an aromatic ring is 1. The second kappa shape index (κ2) is 6.21. The summed E-state index contributed by atoms with van der Waals surface area (Å²) < 4.78 is 0. The Bertz CT molecular complexity index is 591. The molecule has 1 amide bonds. The van der Waals surface area contributed by atoms with Gasteiger partial charge in [0.25, 0.3) is 5.91 Å². The number of hydrogen-bond donors (Lipinski definition) is 2. The molecule has 4 nitrogen and oxygen atoms in total. The summed E-state index contributed by atoms with van der Waals surface area (Å²) in [6, 6.07) is 14.7. The summed E-state index contributed by atoms with van der Waals surface area (Å²) in [6.07, 6.45) is 0. The number of carbonyl (C=O) groups excluding carboxylic acids is 1. The number of nitrogens with two attached hydrogens (primary N) is 1. The molecule has 0 heterocycles. The normalized spacial score (nSPS) is 10.6. The lowest BCUT2D eigenvalue weighted by Crippen LogP contribution is -2.16. The molecule has 104 valence electrons. The summed E-state index contributed by atoms with van der Waals surface area (Å²) in [4.78, 5) is 14.3. The summed E-state index contributed by atoms with van der Waals surface area (Å²) in [5, 5.41) is 2.95. The van der Waals surface area contributed by atoms with E-state index >= 15 is 0 Å². The van der Waals surface area contributed by atoms with Crippen molar-refractivity contribution in [3.05, 3.63) is 59.7 Å². The fourth-order valence-electron chi connectivity index (χ4n) is 1.95. The molecule has 0 spiro atoms. The van der Waals surface area contributed by atoms with Crippen molar-refractivity contribution in [2.24, 2.45) is 0 Å². The third-order valence-electron chi connectivity index (χ3n) is 2.93. The van der Waals surface area contributed by atoms with E-state index in [4.69, 9.17) is 5.73 Å². The minimum Gasteiger partial charge on any atom is -0.399 e. The molecular formula is C16H19N3O. The molecule has 0 fully saturated rings. The van der Waals surface area contributed by atoms with Gasteiger partial charge in [-0.3, -0.25) is 4.79 Å². The van der Waals surface area contributed by atoms with Gasteiger partial charge in [-0.15, -0.1) is 0 Å². The first-order valence-electron chi connectivity index (χ1n) is 6.46. The van der Waals surface area contributed by atoms with Crippen molar-refractivity contribution in [1.29, 1.82) is 0 Å². The number of amides is 1. The topological polar surface area (TPSA) is 58.4 Å². The highest BCUT2D eigenvalue weighted by molar-refractivity contribution is 6.04. The van der Waals surface area contributed by atoms with E-state index in [-0.39, 0.29) is 5.91 Å². The summed E-state index contributed by atoms with van der Waals surface area (Å²) in [7, 11) is 4.00. The highest BCUT2D eigenvalue weighted by Gasteiger charge is 2.09. The maximum Gasteiger partial charge on any atom is 0.255 e. The molecule has 20 heavy (non-hydrogen) atoms. The SMILES string of the molecule is CN(C)Cc1ccccc1NC(=O)c1ccc(N)cc1.